The van der Waals surface area contributed by atoms with E-state index < -0.39 is 5.50 Å². The monoisotopic (exact) mass is 339 g/mol. The molecule has 5 heteroatoms. The van der Waals surface area contributed by atoms with Crippen molar-refractivity contribution >= 4 is 12.8 Å². The molecule has 0 aromatic heterocycles. The number of nitrogens with zero attached hydrogens (tertiary/aromatic N) is 1. The summed E-state index contributed by atoms with van der Waals surface area (Å²) in [6.07, 6.45) is 3.25. The predicted octanol–water partition coefficient (Wildman–Crippen LogP) is 3.84. The van der Waals surface area contributed by atoms with Gasteiger partial charge in [-0.1, -0.05) is 49.3 Å². The Balaban J connectivity index is 1.36. The van der Waals surface area contributed by atoms with Crippen molar-refractivity contribution in [2.24, 2.45) is 22.4 Å². The molecule has 2 unspecified atom stereocenters. The molecule has 1 saturated heterocycles. The fraction of sp³-hybridized carbons (Fsp3) is 0.650. The summed E-state index contributed by atoms with van der Waals surface area (Å²) in [7, 11) is -0.359. The molecule has 0 amide bonds. The van der Waals surface area contributed by atoms with Crippen molar-refractivity contribution in [2.75, 3.05) is 0 Å². The van der Waals surface area contributed by atoms with Gasteiger partial charge in [0.25, 0.3) is 0 Å². The summed E-state index contributed by atoms with van der Waals surface area (Å²) in [6.45, 7) is 9.08. The molecule has 3 saturated carbocycles. The van der Waals surface area contributed by atoms with Crippen molar-refractivity contribution < 1.29 is 14.1 Å². The third kappa shape index (κ3) is 2.06. The highest BCUT2D eigenvalue weighted by molar-refractivity contribution is 6.50. The molecule has 2 bridgehead atoms. The Hall–Kier alpha value is -1.33. The van der Waals surface area contributed by atoms with Crippen molar-refractivity contribution in [1.29, 1.82) is 0 Å². The first-order valence-corrected chi connectivity index (χ1v) is 9.47. The number of rotatable bonds is 2. The molecule has 0 radical (unpaired) electrons. The lowest BCUT2D eigenvalue weighted by atomic mass is 9.43. The minimum absolute atomic E-state index is 0.176. The molecule has 3 aliphatic carbocycles. The highest BCUT2D eigenvalue weighted by atomic mass is 16.7. The van der Waals surface area contributed by atoms with Gasteiger partial charge in [-0.05, 0) is 49.5 Å². The van der Waals surface area contributed by atoms with Crippen LogP contribution in [0.5, 0.6) is 0 Å². The molecule has 1 aromatic carbocycles. The summed E-state index contributed by atoms with van der Waals surface area (Å²) in [5.41, 5.74) is 1.67. The first-order valence-electron chi connectivity index (χ1n) is 9.47. The van der Waals surface area contributed by atoms with E-state index in [0.29, 0.717) is 17.8 Å². The molecule has 0 N–H and O–H groups in total. The maximum Gasteiger partial charge on any atom is 0.507 e. The molecule has 5 aliphatic rings. The molecule has 0 spiro atoms. The summed E-state index contributed by atoms with van der Waals surface area (Å²) >= 11 is 0. The van der Waals surface area contributed by atoms with Gasteiger partial charge in [-0.3, -0.25) is 0 Å². The molecule has 25 heavy (non-hydrogen) atoms. The van der Waals surface area contributed by atoms with Crippen molar-refractivity contribution in [2.45, 2.75) is 64.2 Å². The van der Waals surface area contributed by atoms with Crippen molar-refractivity contribution in [3.05, 3.63) is 35.9 Å². The van der Waals surface area contributed by atoms with Gasteiger partial charge in [0.05, 0.1) is 17.4 Å². The third-order valence-electron chi connectivity index (χ3n) is 7.44. The fourth-order valence-electron chi connectivity index (χ4n) is 5.60. The Morgan fingerprint density at radius 1 is 1.08 bits per heavy atom. The topological polar surface area (TPSA) is 40.0 Å². The first kappa shape index (κ1) is 15.9. The van der Waals surface area contributed by atoms with Crippen LogP contribution in [0.3, 0.4) is 0 Å². The molecule has 132 valence electrons. The molecular weight excluding hydrogens is 313 g/mol. The van der Waals surface area contributed by atoms with Gasteiger partial charge in [0.2, 0.25) is 0 Å². The zero-order valence-electron chi connectivity index (χ0n) is 15.5. The molecule has 2 aliphatic heterocycles. The van der Waals surface area contributed by atoms with Gasteiger partial charge in [-0.25, -0.2) is 0 Å². The van der Waals surface area contributed by atoms with Crippen LogP contribution in [0.15, 0.2) is 35.5 Å². The van der Waals surface area contributed by atoms with E-state index in [-0.39, 0.29) is 18.8 Å². The standard InChI is InChI=1S/C20H26BNO3/c1-18(2)14-10-16(18)20(4)17(11-14)23-21(24-20)19(3)12-15(22-25-19)13-8-6-5-7-9-13/h5-9,14,16-17H,10-12H2,1-4H3/t14?,16?,17-,19-,20+/m1/s1. The molecule has 2 heterocycles. The smallest absolute Gasteiger partial charge is 0.403 e. The highest BCUT2D eigenvalue weighted by Crippen LogP contribution is 2.66. The molecule has 5 atom stereocenters. The van der Waals surface area contributed by atoms with Crippen LogP contribution in [0.4, 0.5) is 0 Å². The summed E-state index contributed by atoms with van der Waals surface area (Å²) in [5.74, 6) is 1.32. The van der Waals surface area contributed by atoms with Crippen LogP contribution in [-0.4, -0.2) is 30.0 Å². The zero-order chi connectivity index (χ0) is 17.4. The van der Waals surface area contributed by atoms with Crippen LogP contribution in [0, 0.1) is 17.3 Å². The molecule has 4 fully saturated rings. The average Bonchev–Trinajstić information content (AvgIpc) is 3.16. The summed E-state index contributed by atoms with van der Waals surface area (Å²) in [6, 6.07) is 10.2. The van der Waals surface area contributed by atoms with Crippen molar-refractivity contribution in [3.8, 4) is 0 Å². The largest absolute Gasteiger partial charge is 0.507 e. The van der Waals surface area contributed by atoms with Gasteiger partial charge in [0, 0.05) is 6.42 Å². The van der Waals surface area contributed by atoms with Crippen LogP contribution in [0.1, 0.15) is 52.5 Å². The molecule has 4 nitrogen and oxygen atoms in total. The number of oxime groups is 1. The third-order valence-corrected chi connectivity index (χ3v) is 7.44. The summed E-state index contributed by atoms with van der Waals surface area (Å²) in [5, 5.41) is 4.36. The number of hydrogen-bond donors (Lipinski definition) is 0. The van der Waals surface area contributed by atoms with Gasteiger partial charge in [0.15, 0.2) is 5.50 Å². The number of hydrogen-bond acceptors (Lipinski definition) is 4. The van der Waals surface area contributed by atoms with E-state index in [2.05, 4.69) is 45.0 Å². The zero-order valence-corrected chi connectivity index (χ0v) is 15.5. The Kier molecular flexibility index (Phi) is 3.11. The van der Waals surface area contributed by atoms with E-state index in [1.54, 1.807) is 0 Å². The Bertz CT molecular complexity index is 736. The van der Waals surface area contributed by atoms with Crippen LogP contribution in [-0.2, 0) is 14.1 Å². The summed E-state index contributed by atoms with van der Waals surface area (Å²) in [4.78, 5) is 5.88. The van der Waals surface area contributed by atoms with Crippen LogP contribution < -0.4 is 0 Å². The lowest BCUT2D eigenvalue weighted by Gasteiger charge is -2.64. The van der Waals surface area contributed by atoms with Crippen molar-refractivity contribution in [1.82, 2.24) is 0 Å². The van der Waals surface area contributed by atoms with Crippen LogP contribution in [0.2, 0.25) is 0 Å². The summed E-state index contributed by atoms with van der Waals surface area (Å²) < 4.78 is 13.0. The highest BCUT2D eigenvalue weighted by Gasteiger charge is 2.70. The first-order chi connectivity index (χ1) is 11.8. The van der Waals surface area contributed by atoms with E-state index in [0.717, 1.165) is 23.6 Å². The minimum Gasteiger partial charge on any atom is -0.403 e. The number of benzene rings is 1. The van der Waals surface area contributed by atoms with Crippen molar-refractivity contribution in [3.63, 3.8) is 0 Å². The van der Waals surface area contributed by atoms with E-state index >= 15 is 0 Å². The predicted molar refractivity (Wildman–Crippen MR) is 97.2 cm³/mol. The molecule has 6 rings (SSSR count). The van der Waals surface area contributed by atoms with Crippen LogP contribution >= 0.6 is 0 Å². The Labute approximate surface area is 150 Å². The minimum atomic E-state index is -0.556. The average molecular weight is 339 g/mol. The quantitative estimate of drug-likeness (QED) is 0.769. The van der Waals surface area contributed by atoms with E-state index in [1.165, 1.54) is 6.42 Å². The van der Waals surface area contributed by atoms with Gasteiger partial charge >= 0.3 is 7.12 Å². The second-order valence-corrected chi connectivity index (χ2v) is 9.29. The SMILES string of the molecule is CC1(C)C2CC1[C@]1(C)OB([C@@]3(C)CC(c4ccccc4)=NO3)O[C@@H]1C2. The lowest BCUT2D eigenvalue weighted by molar-refractivity contribution is -0.199. The maximum absolute atomic E-state index is 6.59. The van der Waals surface area contributed by atoms with E-state index in [1.807, 2.05) is 18.2 Å². The van der Waals surface area contributed by atoms with Gasteiger partial charge in [-0.15, -0.1) is 0 Å². The fourth-order valence-corrected chi connectivity index (χ4v) is 5.60. The van der Waals surface area contributed by atoms with E-state index in [9.17, 15) is 0 Å². The normalized spacial score (nSPS) is 43.9. The second kappa shape index (κ2) is 4.89. The van der Waals surface area contributed by atoms with Gasteiger partial charge in [0.1, 0.15) is 0 Å². The lowest BCUT2D eigenvalue weighted by Crippen LogP contribution is -2.65. The van der Waals surface area contributed by atoms with Crippen LogP contribution in [0.25, 0.3) is 0 Å². The second-order valence-electron chi connectivity index (χ2n) is 9.29. The Morgan fingerprint density at radius 2 is 1.84 bits per heavy atom. The van der Waals surface area contributed by atoms with Gasteiger partial charge < -0.3 is 14.1 Å². The molecule has 1 aromatic rings. The van der Waals surface area contributed by atoms with E-state index in [4.69, 9.17) is 14.1 Å². The van der Waals surface area contributed by atoms with Gasteiger partial charge in [-0.2, -0.15) is 0 Å². The Morgan fingerprint density at radius 3 is 2.56 bits per heavy atom. The molecular formula is C20H26BNO3. The maximum atomic E-state index is 6.59.